The normalized spacial score (nSPS) is 9.60. The molecule has 0 unspecified atom stereocenters. The first-order chi connectivity index (χ1) is 7.15. The Kier molecular flexibility index (Phi) is 3.80. The van der Waals surface area contributed by atoms with E-state index in [-0.39, 0.29) is 16.3 Å². The van der Waals surface area contributed by atoms with E-state index in [1.54, 1.807) is 6.07 Å². The van der Waals surface area contributed by atoms with E-state index in [0.717, 1.165) is 0 Å². The van der Waals surface area contributed by atoms with E-state index in [9.17, 15) is 4.79 Å². The maximum Gasteiger partial charge on any atom is 0.341 e. The summed E-state index contributed by atoms with van der Waals surface area (Å²) < 4.78 is 14.6. The van der Waals surface area contributed by atoms with Crippen LogP contribution >= 0.6 is 11.6 Å². The molecule has 1 rings (SSSR count). The summed E-state index contributed by atoms with van der Waals surface area (Å²) in [5.74, 6) is 0.195. The summed E-state index contributed by atoms with van der Waals surface area (Å²) in [6.07, 6.45) is 0. The Bertz CT molecular complexity index is 376. The fourth-order valence-corrected chi connectivity index (χ4v) is 1.49. The lowest BCUT2D eigenvalue weighted by Crippen LogP contribution is -2.04. The van der Waals surface area contributed by atoms with Gasteiger partial charge in [0.2, 0.25) is 0 Å². The molecule has 0 aliphatic heterocycles. The Hall–Kier alpha value is -1.42. The number of rotatable bonds is 3. The zero-order valence-corrected chi connectivity index (χ0v) is 9.42. The molecule has 0 spiro atoms. The predicted molar refractivity (Wildman–Crippen MR) is 55.9 cm³/mol. The van der Waals surface area contributed by atoms with Crippen LogP contribution in [-0.2, 0) is 4.74 Å². The fraction of sp³-hybridized carbons (Fsp3) is 0.300. The molecule has 0 aliphatic carbocycles. The highest BCUT2D eigenvalue weighted by Crippen LogP contribution is 2.36. The van der Waals surface area contributed by atoms with Gasteiger partial charge in [-0.3, -0.25) is 0 Å². The minimum Gasteiger partial charge on any atom is -0.495 e. The molecule has 0 atom stereocenters. The molecule has 5 heteroatoms. The Morgan fingerprint density at radius 3 is 2.33 bits per heavy atom. The molecule has 0 N–H and O–H groups in total. The standard InChI is InChI=1S/C10H11ClO4/c1-13-7-5-4-6(10(12)15-3)9(14-2)8(7)11/h4-5H,1-3H3. The smallest absolute Gasteiger partial charge is 0.341 e. The monoisotopic (exact) mass is 230 g/mol. The summed E-state index contributed by atoms with van der Waals surface area (Å²) in [5, 5.41) is 0.253. The quantitative estimate of drug-likeness (QED) is 0.747. The van der Waals surface area contributed by atoms with Gasteiger partial charge in [-0.05, 0) is 12.1 Å². The Labute approximate surface area is 92.7 Å². The van der Waals surface area contributed by atoms with Crippen LogP contribution < -0.4 is 9.47 Å². The molecule has 0 aromatic heterocycles. The summed E-state index contributed by atoms with van der Waals surface area (Å²) in [6, 6.07) is 3.12. The van der Waals surface area contributed by atoms with Gasteiger partial charge in [-0.2, -0.15) is 0 Å². The molecule has 4 nitrogen and oxygen atoms in total. The second-order valence-electron chi connectivity index (χ2n) is 2.65. The van der Waals surface area contributed by atoms with E-state index in [0.29, 0.717) is 5.75 Å². The number of carbonyl (C=O) groups excluding carboxylic acids is 1. The van der Waals surface area contributed by atoms with Gasteiger partial charge >= 0.3 is 5.97 Å². The molecule has 0 heterocycles. The van der Waals surface area contributed by atoms with E-state index >= 15 is 0 Å². The van der Waals surface area contributed by atoms with Gasteiger partial charge in [0.15, 0.2) is 5.75 Å². The highest BCUT2D eigenvalue weighted by atomic mass is 35.5. The molecule has 1 aromatic carbocycles. The van der Waals surface area contributed by atoms with Crippen LogP contribution in [0, 0.1) is 0 Å². The maximum absolute atomic E-state index is 11.3. The van der Waals surface area contributed by atoms with Gasteiger partial charge in [-0.25, -0.2) is 4.79 Å². The lowest BCUT2D eigenvalue weighted by atomic mass is 10.2. The summed E-state index contributed by atoms with van der Waals surface area (Å²) in [7, 11) is 4.20. The first-order valence-electron chi connectivity index (χ1n) is 4.14. The van der Waals surface area contributed by atoms with Crippen LogP contribution in [0.25, 0.3) is 0 Å². The van der Waals surface area contributed by atoms with Crippen LogP contribution in [0.1, 0.15) is 10.4 Å². The van der Waals surface area contributed by atoms with Gasteiger partial charge in [-0.15, -0.1) is 0 Å². The van der Waals surface area contributed by atoms with Crippen molar-refractivity contribution >= 4 is 17.6 Å². The highest BCUT2D eigenvalue weighted by molar-refractivity contribution is 6.34. The Balaban J connectivity index is 3.30. The molecule has 0 amide bonds. The second kappa shape index (κ2) is 4.89. The highest BCUT2D eigenvalue weighted by Gasteiger charge is 2.18. The Morgan fingerprint density at radius 2 is 1.87 bits per heavy atom. The van der Waals surface area contributed by atoms with Gasteiger partial charge in [0.1, 0.15) is 16.3 Å². The zero-order valence-electron chi connectivity index (χ0n) is 8.67. The average Bonchev–Trinajstić information content (AvgIpc) is 2.27. The van der Waals surface area contributed by atoms with Crippen molar-refractivity contribution in [1.82, 2.24) is 0 Å². The zero-order chi connectivity index (χ0) is 11.4. The van der Waals surface area contributed by atoms with Gasteiger partial charge < -0.3 is 14.2 Å². The van der Waals surface area contributed by atoms with E-state index in [1.807, 2.05) is 0 Å². The molecule has 1 aromatic rings. The molecule has 0 fully saturated rings. The van der Waals surface area contributed by atoms with Crippen molar-refractivity contribution in [2.45, 2.75) is 0 Å². The SMILES string of the molecule is COC(=O)c1ccc(OC)c(Cl)c1OC. The Morgan fingerprint density at radius 1 is 1.20 bits per heavy atom. The van der Waals surface area contributed by atoms with E-state index in [4.69, 9.17) is 21.1 Å². The van der Waals surface area contributed by atoms with Crippen LogP contribution in [0.5, 0.6) is 11.5 Å². The van der Waals surface area contributed by atoms with Crippen molar-refractivity contribution in [1.29, 1.82) is 0 Å². The van der Waals surface area contributed by atoms with Crippen LogP contribution in [0.2, 0.25) is 5.02 Å². The largest absolute Gasteiger partial charge is 0.495 e. The third-order valence-corrected chi connectivity index (χ3v) is 2.25. The van der Waals surface area contributed by atoms with Crippen molar-refractivity contribution in [2.75, 3.05) is 21.3 Å². The van der Waals surface area contributed by atoms with Crippen molar-refractivity contribution in [3.63, 3.8) is 0 Å². The number of hydrogen-bond acceptors (Lipinski definition) is 4. The van der Waals surface area contributed by atoms with Crippen LogP contribution in [-0.4, -0.2) is 27.3 Å². The summed E-state index contributed by atoms with van der Waals surface area (Å²) >= 11 is 5.96. The number of ether oxygens (including phenoxy) is 3. The van der Waals surface area contributed by atoms with E-state index in [2.05, 4.69) is 4.74 Å². The molecule has 0 radical (unpaired) electrons. The number of benzene rings is 1. The minimum absolute atomic E-state index is 0.253. The van der Waals surface area contributed by atoms with Gasteiger partial charge in [-0.1, -0.05) is 11.6 Å². The first kappa shape index (κ1) is 11.7. The van der Waals surface area contributed by atoms with Crippen molar-refractivity contribution in [3.8, 4) is 11.5 Å². The number of esters is 1. The third-order valence-electron chi connectivity index (χ3n) is 1.89. The molecular formula is C10H11ClO4. The number of methoxy groups -OCH3 is 3. The topological polar surface area (TPSA) is 44.8 Å². The van der Waals surface area contributed by atoms with Gasteiger partial charge in [0, 0.05) is 0 Å². The van der Waals surface area contributed by atoms with Crippen molar-refractivity contribution < 1.29 is 19.0 Å². The molecular weight excluding hydrogens is 220 g/mol. The molecule has 0 saturated heterocycles. The van der Waals surface area contributed by atoms with Crippen molar-refractivity contribution in [3.05, 3.63) is 22.7 Å². The van der Waals surface area contributed by atoms with Gasteiger partial charge in [0.25, 0.3) is 0 Å². The lowest BCUT2D eigenvalue weighted by Gasteiger charge is -2.11. The van der Waals surface area contributed by atoms with Crippen molar-refractivity contribution in [2.24, 2.45) is 0 Å². The average molecular weight is 231 g/mol. The fourth-order valence-electron chi connectivity index (χ4n) is 1.17. The van der Waals surface area contributed by atoms with Crippen LogP contribution in [0.4, 0.5) is 0 Å². The summed E-state index contributed by atoms with van der Waals surface area (Å²) in [6.45, 7) is 0. The van der Waals surface area contributed by atoms with E-state index in [1.165, 1.54) is 27.4 Å². The van der Waals surface area contributed by atoms with Gasteiger partial charge in [0.05, 0.1) is 21.3 Å². The third kappa shape index (κ3) is 2.15. The lowest BCUT2D eigenvalue weighted by molar-refractivity contribution is 0.0597. The summed E-state index contributed by atoms with van der Waals surface area (Å²) in [5.41, 5.74) is 0.269. The number of hydrogen-bond donors (Lipinski definition) is 0. The number of halogens is 1. The maximum atomic E-state index is 11.3. The molecule has 0 aliphatic rings. The van der Waals surface area contributed by atoms with Crippen LogP contribution in [0.3, 0.4) is 0 Å². The molecule has 0 bridgehead atoms. The predicted octanol–water partition coefficient (Wildman–Crippen LogP) is 2.14. The first-order valence-corrected chi connectivity index (χ1v) is 4.52. The molecule has 0 saturated carbocycles. The van der Waals surface area contributed by atoms with Crippen LogP contribution in [0.15, 0.2) is 12.1 Å². The molecule has 82 valence electrons. The number of carbonyl (C=O) groups is 1. The molecule has 15 heavy (non-hydrogen) atoms. The summed E-state index contributed by atoms with van der Waals surface area (Å²) in [4.78, 5) is 11.3. The minimum atomic E-state index is -0.503. The van der Waals surface area contributed by atoms with E-state index < -0.39 is 5.97 Å². The second-order valence-corrected chi connectivity index (χ2v) is 3.03.